The van der Waals surface area contributed by atoms with Crippen LogP contribution in [0.15, 0.2) is 50.5 Å². The first-order valence-electron chi connectivity index (χ1n) is 9.64. The van der Waals surface area contributed by atoms with Crippen molar-refractivity contribution in [1.29, 1.82) is 0 Å². The Bertz CT molecular complexity index is 1020. The SMILES string of the molecule is CC(C)OC(=O)C1=C2CC(CO)CN2C(c2nccs2)=N[C@H]1c1ccc(F)cc1Br. The number of aromatic nitrogens is 1. The van der Waals surface area contributed by atoms with E-state index in [1.165, 1.54) is 23.5 Å². The summed E-state index contributed by atoms with van der Waals surface area (Å²) in [6, 6.07) is 3.67. The van der Waals surface area contributed by atoms with Crippen LogP contribution in [-0.2, 0) is 9.53 Å². The first kappa shape index (κ1) is 21.1. The summed E-state index contributed by atoms with van der Waals surface area (Å²) in [5.74, 6) is -0.209. The van der Waals surface area contributed by atoms with Crippen LogP contribution in [0.1, 0.15) is 36.9 Å². The Hall–Kier alpha value is -2.10. The van der Waals surface area contributed by atoms with E-state index in [1.807, 2.05) is 10.3 Å². The Labute approximate surface area is 186 Å². The van der Waals surface area contributed by atoms with Crippen molar-refractivity contribution in [3.63, 3.8) is 0 Å². The lowest BCUT2D eigenvalue weighted by Gasteiger charge is -2.32. The topological polar surface area (TPSA) is 75.0 Å². The molecule has 2 atom stereocenters. The van der Waals surface area contributed by atoms with Gasteiger partial charge in [-0.15, -0.1) is 11.3 Å². The van der Waals surface area contributed by atoms with Gasteiger partial charge in [0.05, 0.1) is 11.7 Å². The van der Waals surface area contributed by atoms with Crippen LogP contribution in [0.25, 0.3) is 0 Å². The summed E-state index contributed by atoms with van der Waals surface area (Å²) < 4.78 is 19.8. The molecule has 6 nitrogen and oxygen atoms in total. The summed E-state index contributed by atoms with van der Waals surface area (Å²) >= 11 is 4.88. The quantitative estimate of drug-likeness (QED) is 0.635. The molecule has 30 heavy (non-hydrogen) atoms. The molecule has 1 N–H and O–H groups in total. The standard InChI is InChI=1S/C21H21BrFN3O3S/c1-11(2)29-21(28)17-16-7-12(10-27)9-26(16)19(20-24-5-6-30-20)25-18(17)14-4-3-13(23)8-15(14)22/h3-6,8,11-12,18,27H,7,9-10H2,1-2H3/t12?,18-/m0/s1. The molecule has 1 saturated heterocycles. The van der Waals surface area contributed by atoms with Gasteiger partial charge in [-0.05, 0) is 38.0 Å². The van der Waals surface area contributed by atoms with Crippen molar-refractivity contribution < 1.29 is 19.0 Å². The second-order valence-corrected chi connectivity index (χ2v) is 9.28. The molecule has 2 aliphatic rings. The number of halogens is 2. The van der Waals surface area contributed by atoms with E-state index in [-0.39, 0.29) is 24.4 Å². The monoisotopic (exact) mass is 493 g/mol. The molecule has 1 unspecified atom stereocenters. The zero-order valence-corrected chi connectivity index (χ0v) is 18.9. The van der Waals surface area contributed by atoms with E-state index in [4.69, 9.17) is 9.73 Å². The lowest BCUT2D eigenvalue weighted by molar-refractivity contribution is -0.143. The smallest absolute Gasteiger partial charge is 0.338 e. The molecule has 0 bridgehead atoms. The Morgan fingerprint density at radius 3 is 2.90 bits per heavy atom. The first-order valence-corrected chi connectivity index (χ1v) is 11.3. The van der Waals surface area contributed by atoms with Crippen LogP contribution in [0.3, 0.4) is 0 Å². The van der Waals surface area contributed by atoms with Gasteiger partial charge in [0.15, 0.2) is 10.8 Å². The summed E-state index contributed by atoms with van der Waals surface area (Å²) in [6.45, 7) is 4.13. The van der Waals surface area contributed by atoms with Gasteiger partial charge in [-0.25, -0.2) is 14.2 Å². The number of aliphatic hydroxyl groups excluding tert-OH is 1. The maximum absolute atomic E-state index is 13.7. The lowest BCUT2D eigenvalue weighted by Crippen LogP contribution is -2.36. The fourth-order valence-corrected chi connectivity index (χ4v) is 4.99. The van der Waals surface area contributed by atoms with Gasteiger partial charge in [0.1, 0.15) is 11.9 Å². The minimum Gasteiger partial charge on any atom is -0.459 e. The van der Waals surface area contributed by atoms with E-state index < -0.39 is 12.0 Å². The summed E-state index contributed by atoms with van der Waals surface area (Å²) in [4.78, 5) is 24.4. The molecule has 2 aromatic rings. The zero-order valence-electron chi connectivity index (χ0n) is 16.5. The molecular weight excluding hydrogens is 473 g/mol. The minimum absolute atomic E-state index is 0.00255. The van der Waals surface area contributed by atoms with Gasteiger partial charge < -0.3 is 14.7 Å². The van der Waals surface area contributed by atoms with Crippen molar-refractivity contribution in [2.45, 2.75) is 32.4 Å². The van der Waals surface area contributed by atoms with Crippen molar-refractivity contribution in [3.8, 4) is 0 Å². The normalized spacial score (nSPS) is 21.1. The number of nitrogens with zero attached hydrogens (tertiary/aromatic N) is 3. The van der Waals surface area contributed by atoms with Gasteiger partial charge in [0.25, 0.3) is 0 Å². The number of amidine groups is 1. The fraction of sp³-hybridized carbons (Fsp3) is 0.381. The molecule has 1 aromatic carbocycles. The second-order valence-electron chi connectivity index (χ2n) is 7.54. The number of allylic oxidation sites excluding steroid dienone is 1. The summed E-state index contributed by atoms with van der Waals surface area (Å²) in [5, 5.41) is 12.4. The third kappa shape index (κ3) is 3.93. The highest BCUT2D eigenvalue weighted by molar-refractivity contribution is 9.10. The predicted octanol–water partition coefficient (Wildman–Crippen LogP) is 4.07. The minimum atomic E-state index is -0.672. The van der Waals surface area contributed by atoms with Crippen molar-refractivity contribution in [3.05, 3.63) is 61.9 Å². The summed E-state index contributed by atoms with van der Waals surface area (Å²) in [7, 11) is 0. The van der Waals surface area contributed by atoms with Crippen LogP contribution in [0, 0.1) is 11.7 Å². The highest BCUT2D eigenvalue weighted by Crippen LogP contribution is 2.43. The summed E-state index contributed by atoms with van der Waals surface area (Å²) in [6.07, 6.45) is 1.94. The third-order valence-electron chi connectivity index (χ3n) is 5.04. The number of esters is 1. The van der Waals surface area contributed by atoms with E-state index in [2.05, 4.69) is 20.9 Å². The molecule has 158 valence electrons. The molecule has 0 aliphatic carbocycles. The number of rotatable bonds is 5. The van der Waals surface area contributed by atoms with Crippen molar-refractivity contribution in [1.82, 2.24) is 9.88 Å². The number of hydrogen-bond acceptors (Lipinski definition) is 7. The van der Waals surface area contributed by atoms with Gasteiger partial charge in [-0.1, -0.05) is 22.0 Å². The Morgan fingerprint density at radius 2 is 2.27 bits per heavy atom. The number of aliphatic imine (C=N–C) groups is 1. The second kappa shape index (κ2) is 8.56. The fourth-order valence-electron chi connectivity index (χ4n) is 3.78. The molecule has 0 amide bonds. The molecule has 1 fully saturated rings. The molecular formula is C21H21BrFN3O3S. The number of hydrogen-bond donors (Lipinski definition) is 1. The summed E-state index contributed by atoms with van der Waals surface area (Å²) in [5.41, 5.74) is 1.87. The maximum atomic E-state index is 13.7. The van der Waals surface area contributed by atoms with E-state index in [1.54, 1.807) is 26.1 Å². The van der Waals surface area contributed by atoms with Gasteiger partial charge in [-0.3, -0.25) is 4.99 Å². The Kier molecular flexibility index (Phi) is 6.04. The number of benzene rings is 1. The van der Waals surface area contributed by atoms with Crippen LogP contribution < -0.4 is 0 Å². The molecule has 9 heteroatoms. The number of ether oxygens (including phenoxy) is 1. The highest BCUT2D eigenvalue weighted by atomic mass is 79.9. The first-order chi connectivity index (χ1) is 14.4. The van der Waals surface area contributed by atoms with Crippen LogP contribution in [-0.4, -0.2) is 46.1 Å². The van der Waals surface area contributed by atoms with Crippen molar-refractivity contribution >= 4 is 39.1 Å². The van der Waals surface area contributed by atoms with Crippen molar-refractivity contribution in [2.24, 2.45) is 10.9 Å². The molecule has 4 rings (SSSR count). The van der Waals surface area contributed by atoms with Gasteiger partial charge in [0, 0.05) is 40.8 Å². The van der Waals surface area contributed by atoms with Gasteiger partial charge in [-0.2, -0.15) is 0 Å². The number of carbonyl (C=O) groups is 1. The van der Waals surface area contributed by atoms with Crippen LogP contribution in [0.5, 0.6) is 0 Å². The number of thiazole rings is 1. The maximum Gasteiger partial charge on any atom is 0.338 e. The van der Waals surface area contributed by atoms with Crippen LogP contribution in [0.2, 0.25) is 0 Å². The largest absolute Gasteiger partial charge is 0.459 e. The number of carbonyl (C=O) groups excluding carboxylic acids is 1. The van der Waals surface area contributed by atoms with Crippen LogP contribution >= 0.6 is 27.3 Å². The highest BCUT2D eigenvalue weighted by Gasteiger charge is 2.42. The van der Waals surface area contributed by atoms with Gasteiger partial charge >= 0.3 is 5.97 Å². The average Bonchev–Trinajstić information content (AvgIpc) is 3.36. The van der Waals surface area contributed by atoms with Gasteiger partial charge in [0.2, 0.25) is 0 Å². The average molecular weight is 494 g/mol. The molecule has 0 spiro atoms. The number of fused-ring (bicyclic) bond motifs is 1. The Balaban J connectivity index is 1.90. The van der Waals surface area contributed by atoms with E-state index in [0.29, 0.717) is 34.4 Å². The predicted molar refractivity (Wildman–Crippen MR) is 116 cm³/mol. The Morgan fingerprint density at radius 1 is 1.47 bits per heavy atom. The van der Waals surface area contributed by atoms with E-state index >= 15 is 0 Å². The van der Waals surface area contributed by atoms with Crippen LogP contribution in [0.4, 0.5) is 4.39 Å². The molecule has 2 aliphatic heterocycles. The molecule has 1 aromatic heterocycles. The lowest BCUT2D eigenvalue weighted by atomic mass is 9.94. The van der Waals surface area contributed by atoms with Crippen molar-refractivity contribution in [2.75, 3.05) is 13.2 Å². The van der Waals surface area contributed by atoms with E-state index in [9.17, 15) is 14.3 Å². The molecule has 3 heterocycles. The van der Waals surface area contributed by atoms with E-state index in [0.717, 1.165) is 10.7 Å². The third-order valence-corrected chi connectivity index (χ3v) is 6.50. The molecule has 0 radical (unpaired) electrons. The zero-order chi connectivity index (χ0) is 21.4. The number of aliphatic hydroxyl groups is 1. The molecule has 0 saturated carbocycles.